The number of benzene rings is 1. The van der Waals surface area contributed by atoms with Crippen molar-refractivity contribution in [3.05, 3.63) is 52.2 Å². The van der Waals surface area contributed by atoms with Crippen LogP contribution in [0.2, 0.25) is 0 Å². The first-order valence-electron chi connectivity index (χ1n) is 10.5. The Bertz CT molecular complexity index is 1140. The lowest BCUT2D eigenvalue weighted by Gasteiger charge is -2.34. The van der Waals surface area contributed by atoms with E-state index in [1.54, 1.807) is 30.8 Å². The maximum atomic E-state index is 13.3. The first kappa shape index (κ1) is 22.5. The molecule has 0 radical (unpaired) electrons. The molecule has 2 aromatic heterocycles. The normalized spacial score (nSPS) is 15.4. The zero-order valence-electron chi connectivity index (χ0n) is 18.2. The van der Waals surface area contributed by atoms with Crippen molar-refractivity contribution < 1.29 is 18.0 Å². The van der Waals surface area contributed by atoms with Crippen molar-refractivity contribution in [3.63, 3.8) is 0 Å². The van der Waals surface area contributed by atoms with Gasteiger partial charge in [-0.15, -0.1) is 11.3 Å². The molecule has 32 heavy (non-hydrogen) atoms. The molecular formula is C23H25F3N4OS. The summed E-state index contributed by atoms with van der Waals surface area (Å²) in [5.41, 5.74) is 0.602. The molecule has 1 aliphatic rings. The molecule has 170 valence electrons. The summed E-state index contributed by atoms with van der Waals surface area (Å²) >= 11 is 1.65. The van der Waals surface area contributed by atoms with Gasteiger partial charge in [-0.3, -0.25) is 4.79 Å². The van der Waals surface area contributed by atoms with E-state index in [4.69, 9.17) is 0 Å². The van der Waals surface area contributed by atoms with Crippen LogP contribution in [0, 0.1) is 19.8 Å². The van der Waals surface area contributed by atoms with Gasteiger partial charge in [-0.1, -0.05) is 18.2 Å². The van der Waals surface area contributed by atoms with E-state index >= 15 is 0 Å². The number of fused-ring (bicyclic) bond motifs is 1. The van der Waals surface area contributed by atoms with E-state index in [9.17, 15) is 18.0 Å². The summed E-state index contributed by atoms with van der Waals surface area (Å²) in [4.78, 5) is 27.7. The molecule has 0 unspecified atom stereocenters. The Balaban J connectivity index is 1.44. The zero-order valence-corrected chi connectivity index (χ0v) is 19.1. The van der Waals surface area contributed by atoms with E-state index in [0.29, 0.717) is 25.9 Å². The van der Waals surface area contributed by atoms with Crippen LogP contribution in [0.1, 0.15) is 34.4 Å². The number of halogens is 3. The SMILES string of the molecule is Cc1sc2ncnc(N3CCC(C(=O)N(C)Cc4ccccc4C(F)(F)F)CC3)c2c1C. The number of amides is 1. The molecule has 0 spiro atoms. The van der Waals surface area contributed by atoms with Crippen LogP contribution in [0.4, 0.5) is 19.0 Å². The van der Waals surface area contributed by atoms with Gasteiger partial charge >= 0.3 is 6.18 Å². The van der Waals surface area contributed by atoms with Crippen molar-refractivity contribution >= 4 is 33.3 Å². The number of aryl methyl sites for hydroxylation is 2. The third-order valence-electron chi connectivity index (χ3n) is 6.20. The van der Waals surface area contributed by atoms with E-state index in [0.717, 1.165) is 22.1 Å². The number of alkyl halides is 3. The second-order valence-electron chi connectivity index (χ2n) is 8.27. The molecule has 0 bridgehead atoms. The second-order valence-corrected chi connectivity index (χ2v) is 9.47. The van der Waals surface area contributed by atoms with Gasteiger partial charge in [0.1, 0.15) is 17.0 Å². The van der Waals surface area contributed by atoms with Crippen molar-refractivity contribution in [2.45, 2.75) is 39.4 Å². The Labute approximate surface area is 188 Å². The Morgan fingerprint density at radius 2 is 1.88 bits per heavy atom. The number of anilines is 1. The Morgan fingerprint density at radius 1 is 1.19 bits per heavy atom. The van der Waals surface area contributed by atoms with Crippen LogP contribution in [-0.4, -0.2) is 40.9 Å². The topological polar surface area (TPSA) is 49.3 Å². The van der Waals surface area contributed by atoms with Crippen molar-refractivity contribution in [1.29, 1.82) is 0 Å². The maximum absolute atomic E-state index is 13.3. The largest absolute Gasteiger partial charge is 0.416 e. The monoisotopic (exact) mass is 462 g/mol. The standard InChI is InChI=1S/C23H25F3N4OS/c1-14-15(2)32-21-19(14)20(27-13-28-21)30-10-8-16(9-11-30)22(31)29(3)12-17-6-4-5-7-18(17)23(24,25)26/h4-7,13,16H,8-12H2,1-3H3. The number of hydrogen-bond acceptors (Lipinski definition) is 5. The predicted molar refractivity (Wildman–Crippen MR) is 120 cm³/mol. The van der Waals surface area contributed by atoms with Gasteiger partial charge in [0.05, 0.1) is 10.9 Å². The molecule has 1 aromatic carbocycles. The van der Waals surface area contributed by atoms with Gasteiger partial charge in [-0.25, -0.2) is 9.97 Å². The molecule has 1 saturated heterocycles. The van der Waals surface area contributed by atoms with E-state index < -0.39 is 11.7 Å². The smallest absolute Gasteiger partial charge is 0.356 e. The van der Waals surface area contributed by atoms with Crippen molar-refractivity contribution in [2.75, 3.05) is 25.0 Å². The highest BCUT2D eigenvalue weighted by atomic mass is 32.1. The van der Waals surface area contributed by atoms with Crippen molar-refractivity contribution in [1.82, 2.24) is 14.9 Å². The minimum atomic E-state index is -4.44. The number of carbonyl (C=O) groups is 1. The van der Waals surface area contributed by atoms with Crippen molar-refractivity contribution in [3.8, 4) is 0 Å². The summed E-state index contributed by atoms with van der Waals surface area (Å²) in [5.74, 6) is 0.573. The summed E-state index contributed by atoms with van der Waals surface area (Å²) in [5, 5.41) is 1.07. The van der Waals surface area contributed by atoms with Crippen LogP contribution in [0.5, 0.6) is 0 Å². The Hall–Kier alpha value is -2.68. The molecule has 0 atom stereocenters. The summed E-state index contributed by atoms with van der Waals surface area (Å²) in [7, 11) is 1.58. The lowest BCUT2D eigenvalue weighted by Crippen LogP contribution is -2.41. The van der Waals surface area contributed by atoms with Gasteiger partial charge < -0.3 is 9.80 Å². The Kier molecular flexibility index (Phi) is 6.11. The minimum absolute atomic E-state index is 0.0609. The number of rotatable bonds is 4. The van der Waals surface area contributed by atoms with Gasteiger partial charge in [0, 0.05) is 37.5 Å². The summed E-state index contributed by atoms with van der Waals surface area (Å²) < 4.78 is 39.8. The summed E-state index contributed by atoms with van der Waals surface area (Å²) in [6.45, 7) is 5.43. The number of carbonyl (C=O) groups excluding carboxylic acids is 1. The van der Waals surface area contributed by atoms with Crippen molar-refractivity contribution in [2.24, 2.45) is 5.92 Å². The van der Waals surface area contributed by atoms with Gasteiger partial charge in [0.25, 0.3) is 0 Å². The van der Waals surface area contributed by atoms with E-state index in [1.165, 1.54) is 27.5 Å². The van der Waals surface area contributed by atoms with Crippen LogP contribution in [0.15, 0.2) is 30.6 Å². The minimum Gasteiger partial charge on any atom is -0.356 e. The Morgan fingerprint density at radius 3 is 2.56 bits per heavy atom. The second kappa shape index (κ2) is 8.69. The molecule has 1 fully saturated rings. The average molecular weight is 463 g/mol. The third-order valence-corrected chi connectivity index (χ3v) is 7.31. The number of nitrogens with zero attached hydrogens (tertiary/aromatic N) is 4. The maximum Gasteiger partial charge on any atom is 0.416 e. The van der Waals surface area contributed by atoms with Crippen LogP contribution < -0.4 is 4.90 Å². The molecular weight excluding hydrogens is 437 g/mol. The number of piperidine rings is 1. The molecule has 5 nitrogen and oxygen atoms in total. The van der Waals surface area contributed by atoms with Crippen LogP contribution in [0.25, 0.3) is 10.2 Å². The fourth-order valence-corrected chi connectivity index (χ4v) is 5.31. The molecule has 1 aliphatic heterocycles. The van der Waals surface area contributed by atoms with Crippen LogP contribution in [-0.2, 0) is 17.5 Å². The van der Waals surface area contributed by atoms with E-state index in [2.05, 4.69) is 28.7 Å². The number of thiophene rings is 1. The molecule has 0 N–H and O–H groups in total. The average Bonchev–Trinajstić information content (AvgIpc) is 3.06. The first-order chi connectivity index (χ1) is 15.2. The molecule has 9 heteroatoms. The molecule has 0 saturated carbocycles. The summed E-state index contributed by atoms with van der Waals surface area (Å²) in [6, 6.07) is 5.42. The molecule has 0 aliphatic carbocycles. The highest BCUT2D eigenvalue weighted by molar-refractivity contribution is 7.18. The van der Waals surface area contributed by atoms with Gasteiger partial charge in [0.2, 0.25) is 5.91 Å². The lowest BCUT2D eigenvalue weighted by atomic mass is 9.94. The van der Waals surface area contributed by atoms with Crippen LogP contribution >= 0.6 is 11.3 Å². The number of aromatic nitrogens is 2. The molecule has 1 amide bonds. The van der Waals surface area contributed by atoms with Gasteiger partial charge in [-0.05, 0) is 43.9 Å². The first-order valence-corrected chi connectivity index (χ1v) is 11.3. The summed E-state index contributed by atoms with van der Waals surface area (Å²) in [6.07, 6.45) is -1.58. The zero-order chi connectivity index (χ0) is 23.0. The molecule has 4 rings (SSSR count). The van der Waals surface area contributed by atoms with Crippen LogP contribution in [0.3, 0.4) is 0 Å². The fourth-order valence-electron chi connectivity index (χ4n) is 4.32. The third kappa shape index (κ3) is 4.30. The van der Waals surface area contributed by atoms with E-state index in [1.807, 2.05) is 0 Å². The number of hydrogen-bond donors (Lipinski definition) is 0. The van der Waals surface area contributed by atoms with E-state index in [-0.39, 0.29) is 23.9 Å². The molecule has 3 heterocycles. The highest BCUT2D eigenvalue weighted by Crippen LogP contribution is 2.36. The highest BCUT2D eigenvalue weighted by Gasteiger charge is 2.34. The van der Waals surface area contributed by atoms with Gasteiger partial charge in [0.15, 0.2) is 0 Å². The fraction of sp³-hybridized carbons (Fsp3) is 0.435. The lowest BCUT2D eigenvalue weighted by molar-refractivity contribution is -0.140. The quantitative estimate of drug-likeness (QED) is 0.535. The molecule has 3 aromatic rings. The van der Waals surface area contributed by atoms with Gasteiger partial charge in [-0.2, -0.15) is 13.2 Å². The predicted octanol–water partition coefficient (Wildman–Crippen LogP) is 5.20.